The Hall–Kier alpha value is -0.790. The number of ether oxygens (including phenoxy) is 1. The number of hydrogen-bond acceptors (Lipinski definition) is 2. The Morgan fingerprint density at radius 3 is 3.00 bits per heavy atom. The molecule has 2 nitrogen and oxygen atoms in total. The van der Waals surface area contributed by atoms with Gasteiger partial charge in [-0.25, -0.2) is 4.79 Å². The molecule has 1 heterocycles. The predicted molar refractivity (Wildman–Crippen MR) is 45.5 cm³/mol. The van der Waals surface area contributed by atoms with Crippen LogP contribution in [-0.4, -0.2) is 12.6 Å². The van der Waals surface area contributed by atoms with Gasteiger partial charge in [0, 0.05) is 11.5 Å². The van der Waals surface area contributed by atoms with Crippen molar-refractivity contribution in [2.45, 2.75) is 19.8 Å². The molecule has 3 atom stereocenters. The molecule has 2 rings (SSSR count). The number of cyclic esters (lactones) is 1. The lowest BCUT2D eigenvalue weighted by molar-refractivity contribution is -0.145. The smallest absolute Gasteiger partial charge is 0.333 e. The molecular formula is C10H14O2. The first kappa shape index (κ1) is 7.84. The lowest BCUT2D eigenvalue weighted by atomic mass is 9.85. The Labute approximate surface area is 72.6 Å². The van der Waals surface area contributed by atoms with Gasteiger partial charge in [0.1, 0.15) is 0 Å². The first-order valence-electron chi connectivity index (χ1n) is 4.56. The lowest BCUT2D eigenvalue weighted by Crippen LogP contribution is -2.31. The van der Waals surface area contributed by atoms with Crippen LogP contribution < -0.4 is 0 Å². The van der Waals surface area contributed by atoms with E-state index in [2.05, 4.69) is 13.5 Å². The third kappa shape index (κ3) is 0.977. The van der Waals surface area contributed by atoms with E-state index in [1.165, 1.54) is 6.42 Å². The fraction of sp³-hybridized carbons (Fsp3) is 0.700. The van der Waals surface area contributed by atoms with Crippen LogP contribution in [0.15, 0.2) is 12.2 Å². The molecule has 0 N–H and O–H groups in total. The molecule has 0 amide bonds. The van der Waals surface area contributed by atoms with Gasteiger partial charge in [-0.05, 0) is 24.7 Å². The molecule has 0 bridgehead atoms. The Kier molecular flexibility index (Phi) is 1.71. The second-order valence-electron chi connectivity index (χ2n) is 3.95. The molecule has 1 saturated heterocycles. The fourth-order valence-corrected chi connectivity index (χ4v) is 2.40. The summed E-state index contributed by atoms with van der Waals surface area (Å²) in [4.78, 5) is 11.1. The molecule has 0 radical (unpaired) electrons. The van der Waals surface area contributed by atoms with E-state index in [9.17, 15) is 4.79 Å². The summed E-state index contributed by atoms with van der Waals surface area (Å²) < 4.78 is 5.04. The minimum Gasteiger partial charge on any atom is -0.462 e. The van der Waals surface area contributed by atoms with Crippen molar-refractivity contribution in [1.82, 2.24) is 0 Å². The molecule has 1 aliphatic carbocycles. The summed E-state index contributed by atoms with van der Waals surface area (Å²) in [5.74, 6) is 1.49. The van der Waals surface area contributed by atoms with Crippen LogP contribution in [0.3, 0.4) is 0 Å². The van der Waals surface area contributed by atoms with Crippen molar-refractivity contribution < 1.29 is 9.53 Å². The molecule has 0 aromatic heterocycles. The van der Waals surface area contributed by atoms with Crippen molar-refractivity contribution in [3.63, 3.8) is 0 Å². The van der Waals surface area contributed by atoms with E-state index >= 15 is 0 Å². The van der Waals surface area contributed by atoms with E-state index in [-0.39, 0.29) is 5.97 Å². The summed E-state index contributed by atoms with van der Waals surface area (Å²) in [5, 5.41) is 0. The van der Waals surface area contributed by atoms with Crippen LogP contribution in [0, 0.1) is 17.8 Å². The summed E-state index contributed by atoms with van der Waals surface area (Å²) in [6.45, 7) is 6.65. The van der Waals surface area contributed by atoms with Gasteiger partial charge in [0.2, 0.25) is 0 Å². The van der Waals surface area contributed by atoms with E-state index < -0.39 is 0 Å². The number of carbonyl (C=O) groups is 1. The van der Waals surface area contributed by atoms with Crippen molar-refractivity contribution in [3.05, 3.63) is 12.2 Å². The zero-order chi connectivity index (χ0) is 8.72. The summed E-state index contributed by atoms with van der Waals surface area (Å²) in [7, 11) is 0. The predicted octanol–water partition coefficient (Wildman–Crippen LogP) is 1.76. The SMILES string of the molecule is C=C1C(=O)OC[C@@H]2C(C)CCC12. The molecule has 2 fully saturated rings. The van der Waals surface area contributed by atoms with E-state index in [0.717, 1.165) is 6.42 Å². The van der Waals surface area contributed by atoms with Gasteiger partial charge >= 0.3 is 5.97 Å². The monoisotopic (exact) mass is 166 g/mol. The van der Waals surface area contributed by atoms with Gasteiger partial charge in [0.25, 0.3) is 0 Å². The highest BCUT2D eigenvalue weighted by Gasteiger charge is 2.41. The largest absolute Gasteiger partial charge is 0.462 e. The average Bonchev–Trinajstić information content (AvgIpc) is 2.41. The van der Waals surface area contributed by atoms with Crippen LogP contribution in [0.4, 0.5) is 0 Å². The minimum atomic E-state index is -0.176. The zero-order valence-corrected chi connectivity index (χ0v) is 7.38. The third-order valence-electron chi connectivity index (χ3n) is 3.30. The molecule has 2 heteroatoms. The van der Waals surface area contributed by atoms with E-state index in [4.69, 9.17) is 4.74 Å². The van der Waals surface area contributed by atoms with Gasteiger partial charge in [-0.1, -0.05) is 13.5 Å². The number of fused-ring (bicyclic) bond motifs is 1. The van der Waals surface area contributed by atoms with Gasteiger partial charge in [0.15, 0.2) is 0 Å². The van der Waals surface area contributed by atoms with E-state index in [0.29, 0.717) is 29.9 Å². The van der Waals surface area contributed by atoms with Crippen molar-refractivity contribution in [3.8, 4) is 0 Å². The van der Waals surface area contributed by atoms with Crippen LogP contribution in [0.5, 0.6) is 0 Å². The molecule has 12 heavy (non-hydrogen) atoms. The van der Waals surface area contributed by atoms with Crippen LogP contribution in [0.1, 0.15) is 19.8 Å². The Morgan fingerprint density at radius 1 is 1.50 bits per heavy atom. The standard InChI is InChI=1S/C10H14O2/c1-6-3-4-8-7(2)10(11)12-5-9(6)8/h6,8-9H,2-5H2,1H3/t6?,8?,9-/m1/s1. The highest BCUT2D eigenvalue weighted by molar-refractivity contribution is 5.89. The lowest BCUT2D eigenvalue weighted by Gasteiger charge is -2.28. The van der Waals surface area contributed by atoms with E-state index in [1.807, 2.05) is 0 Å². The van der Waals surface area contributed by atoms with Crippen molar-refractivity contribution in [1.29, 1.82) is 0 Å². The third-order valence-corrected chi connectivity index (χ3v) is 3.30. The molecule has 0 aromatic rings. The van der Waals surface area contributed by atoms with Gasteiger partial charge in [-0.15, -0.1) is 0 Å². The Balaban J connectivity index is 2.19. The normalized spacial score (nSPS) is 40.9. The molecule has 1 aliphatic heterocycles. The topological polar surface area (TPSA) is 26.3 Å². The van der Waals surface area contributed by atoms with Gasteiger partial charge in [-0.3, -0.25) is 0 Å². The van der Waals surface area contributed by atoms with Gasteiger partial charge in [0.05, 0.1) is 6.61 Å². The van der Waals surface area contributed by atoms with Crippen LogP contribution >= 0.6 is 0 Å². The Morgan fingerprint density at radius 2 is 2.25 bits per heavy atom. The van der Waals surface area contributed by atoms with Crippen LogP contribution in [0.2, 0.25) is 0 Å². The van der Waals surface area contributed by atoms with E-state index in [1.54, 1.807) is 0 Å². The van der Waals surface area contributed by atoms with Gasteiger partial charge in [-0.2, -0.15) is 0 Å². The number of hydrogen-bond donors (Lipinski definition) is 0. The number of carbonyl (C=O) groups excluding carboxylic acids is 1. The highest BCUT2D eigenvalue weighted by Crippen LogP contribution is 2.43. The average molecular weight is 166 g/mol. The molecule has 0 aromatic carbocycles. The number of rotatable bonds is 0. The second kappa shape index (κ2) is 2.61. The van der Waals surface area contributed by atoms with Crippen LogP contribution in [0.25, 0.3) is 0 Å². The maximum atomic E-state index is 11.1. The maximum absolute atomic E-state index is 11.1. The van der Waals surface area contributed by atoms with Crippen molar-refractivity contribution in [2.24, 2.45) is 17.8 Å². The molecule has 1 saturated carbocycles. The summed E-state index contributed by atoms with van der Waals surface area (Å²) in [5.41, 5.74) is 0.704. The number of esters is 1. The Bertz CT molecular complexity index is 232. The molecule has 2 aliphatic rings. The molecule has 66 valence electrons. The first-order chi connectivity index (χ1) is 5.70. The summed E-state index contributed by atoms with van der Waals surface area (Å²) in [6.07, 6.45) is 2.34. The zero-order valence-electron chi connectivity index (χ0n) is 7.38. The summed E-state index contributed by atoms with van der Waals surface area (Å²) in [6, 6.07) is 0. The highest BCUT2D eigenvalue weighted by atomic mass is 16.5. The minimum absolute atomic E-state index is 0.176. The molecule has 2 unspecified atom stereocenters. The second-order valence-corrected chi connectivity index (χ2v) is 3.95. The van der Waals surface area contributed by atoms with Crippen LogP contribution in [-0.2, 0) is 9.53 Å². The maximum Gasteiger partial charge on any atom is 0.333 e. The van der Waals surface area contributed by atoms with Gasteiger partial charge < -0.3 is 4.74 Å². The van der Waals surface area contributed by atoms with Crippen molar-refractivity contribution in [2.75, 3.05) is 6.61 Å². The van der Waals surface area contributed by atoms with Crippen molar-refractivity contribution >= 4 is 5.97 Å². The fourth-order valence-electron chi connectivity index (χ4n) is 2.40. The first-order valence-corrected chi connectivity index (χ1v) is 4.56. The molecule has 0 spiro atoms. The summed E-state index contributed by atoms with van der Waals surface area (Å²) >= 11 is 0. The molecular weight excluding hydrogens is 152 g/mol. The quantitative estimate of drug-likeness (QED) is 0.405.